The maximum Gasteiger partial charge on any atom is 0.333 e. The van der Waals surface area contributed by atoms with Gasteiger partial charge in [0.2, 0.25) is 21.9 Å². The Morgan fingerprint density at radius 3 is 2.52 bits per heavy atom. The van der Waals surface area contributed by atoms with Crippen molar-refractivity contribution in [2.45, 2.75) is 4.90 Å². The SMILES string of the molecule is NS(=O)(=O)c1ccc(Nc2ncnc(-n3c(=O)[nH]c4ccccc43)n2)cc1. The van der Waals surface area contributed by atoms with Gasteiger partial charge in [-0.15, -0.1) is 0 Å². The number of anilines is 2. The molecule has 4 rings (SSSR count). The third-order valence-corrected chi connectivity index (χ3v) is 4.72. The Labute approximate surface area is 152 Å². The van der Waals surface area contributed by atoms with Crippen LogP contribution in [0.2, 0.25) is 0 Å². The average Bonchev–Trinajstić information content (AvgIpc) is 2.97. The molecule has 0 aliphatic rings. The average molecular weight is 383 g/mol. The second-order valence-electron chi connectivity index (χ2n) is 5.59. The smallest absolute Gasteiger partial charge is 0.324 e. The fourth-order valence-corrected chi connectivity index (χ4v) is 3.08. The molecule has 0 fully saturated rings. The Kier molecular flexibility index (Phi) is 3.94. The van der Waals surface area contributed by atoms with E-state index >= 15 is 0 Å². The highest BCUT2D eigenvalue weighted by Crippen LogP contribution is 2.17. The fraction of sp³-hybridized carbons (Fsp3) is 0. The summed E-state index contributed by atoms with van der Waals surface area (Å²) in [6.07, 6.45) is 1.28. The molecule has 27 heavy (non-hydrogen) atoms. The molecule has 0 aliphatic heterocycles. The summed E-state index contributed by atoms with van der Waals surface area (Å²) < 4.78 is 24.0. The van der Waals surface area contributed by atoms with Crippen molar-refractivity contribution in [2.24, 2.45) is 5.14 Å². The van der Waals surface area contributed by atoms with E-state index in [0.717, 1.165) is 0 Å². The van der Waals surface area contributed by atoms with Crippen molar-refractivity contribution in [1.29, 1.82) is 0 Å². The number of benzene rings is 2. The van der Waals surface area contributed by atoms with Gasteiger partial charge in [0.15, 0.2) is 0 Å². The van der Waals surface area contributed by atoms with Gasteiger partial charge in [-0.3, -0.25) is 0 Å². The lowest BCUT2D eigenvalue weighted by molar-refractivity contribution is 0.598. The molecule has 0 aliphatic carbocycles. The number of nitrogens with zero attached hydrogens (tertiary/aromatic N) is 4. The number of rotatable bonds is 4. The number of aromatic nitrogens is 5. The van der Waals surface area contributed by atoms with Gasteiger partial charge in [0.05, 0.1) is 15.9 Å². The first-order valence-corrected chi connectivity index (χ1v) is 9.25. The third-order valence-electron chi connectivity index (χ3n) is 3.79. The number of sulfonamides is 1. The van der Waals surface area contributed by atoms with Gasteiger partial charge in [0, 0.05) is 5.69 Å². The zero-order valence-electron chi connectivity index (χ0n) is 13.7. The van der Waals surface area contributed by atoms with Crippen LogP contribution < -0.4 is 16.1 Å². The van der Waals surface area contributed by atoms with Crippen LogP contribution in [0.4, 0.5) is 11.6 Å². The lowest BCUT2D eigenvalue weighted by Gasteiger charge is -2.07. The van der Waals surface area contributed by atoms with Gasteiger partial charge in [-0.1, -0.05) is 12.1 Å². The van der Waals surface area contributed by atoms with Crippen LogP contribution in [0.15, 0.2) is 64.5 Å². The molecule has 0 radical (unpaired) electrons. The van der Waals surface area contributed by atoms with E-state index in [9.17, 15) is 13.2 Å². The zero-order chi connectivity index (χ0) is 19.0. The maximum absolute atomic E-state index is 12.3. The normalized spacial score (nSPS) is 11.6. The minimum absolute atomic E-state index is 0.00488. The van der Waals surface area contributed by atoms with Crippen LogP contribution in [0.5, 0.6) is 0 Å². The molecule has 2 heterocycles. The topological polar surface area (TPSA) is 149 Å². The van der Waals surface area contributed by atoms with Crippen LogP contribution in [0, 0.1) is 0 Å². The lowest BCUT2D eigenvalue weighted by atomic mass is 10.3. The van der Waals surface area contributed by atoms with Gasteiger partial charge in [-0.25, -0.2) is 32.9 Å². The summed E-state index contributed by atoms with van der Waals surface area (Å²) in [4.78, 5) is 27.3. The molecule has 4 aromatic rings. The first kappa shape index (κ1) is 16.9. The Balaban J connectivity index is 1.69. The molecule has 0 unspecified atom stereocenters. The van der Waals surface area contributed by atoms with Gasteiger partial charge >= 0.3 is 5.69 Å². The predicted molar refractivity (Wildman–Crippen MR) is 98.4 cm³/mol. The minimum atomic E-state index is -3.76. The first-order valence-electron chi connectivity index (χ1n) is 7.71. The number of imidazole rings is 1. The zero-order valence-corrected chi connectivity index (χ0v) is 14.5. The van der Waals surface area contributed by atoms with Gasteiger partial charge in [0.1, 0.15) is 6.33 Å². The molecular formula is C16H13N7O3S. The number of primary sulfonamides is 1. The highest BCUT2D eigenvalue weighted by molar-refractivity contribution is 7.89. The molecule has 0 saturated heterocycles. The van der Waals surface area contributed by atoms with E-state index in [1.165, 1.54) is 35.2 Å². The number of nitrogens with one attached hydrogen (secondary N) is 2. The molecule has 0 spiro atoms. The lowest BCUT2D eigenvalue weighted by Crippen LogP contribution is -2.18. The highest BCUT2D eigenvalue weighted by atomic mass is 32.2. The molecule has 0 atom stereocenters. The van der Waals surface area contributed by atoms with Crippen LogP contribution in [0.1, 0.15) is 0 Å². The van der Waals surface area contributed by atoms with Crippen molar-refractivity contribution in [3.63, 3.8) is 0 Å². The van der Waals surface area contributed by atoms with E-state index in [-0.39, 0.29) is 22.5 Å². The first-order chi connectivity index (χ1) is 12.9. The van der Waals surface area contributed by atoms with Crippen molar-refractivity contribution in [3.05, 3.63) is 65.3 Å². The molecule has 4 N–H and O–H groups in total. The highest BCUT2D eigenvalue weighted by Gasteiger charge is 2.12. The monoisotopic (exact) mass is 383 g/mol. The Morgan fingerprint density at radius 2 is 1.78 bits per heavy atom. The van der Waals surface area contributed by atoms with E-state index in [2.05, 4.69) is 25.3 Å². The molecule has 10 nitrogen and oxygen atoms in total. The van der Waals surface area contributed by atoms with Gasteiger partial charge in [-0.05, 0) is 36.4 Å². The largest absolute Gasteiger partial charge is 0.333 e. The molecular weight excluding hydrogens is 370 g/mol. The van der Waals surface area contributed by atoms with Crippen molar-refractivity contribution < 1.29 is 8.42 Å². The number of hydrogen-bond acceptors (Lipinski definition) is 7. The summed E-state index contributed by atoms with van der Waals surface area (Å²) in [7, 11) is -3.76. The van der Waals surface area contributed by atoms with Gasteiger partial charge < -0.3 is 10.3 Å². The number of H-pyrrole nitrogens is 1. The summed E-state index contributed by atoms with van der Waals surface area (Å²) in [5, 5.41) is 8.01. The van der Waals surface area contributed by atoms with E-state index < -0.39 is 10.0 Å². The van der Waals surface area contributed by atoms with Crippen LogP contribution in [0.3, 0.4) is 0 Å². The third kappa shape index (κ3) is 3.28. The second kappa shape index (κ2) is 6.30. The van der Waals surface area contributed by atoms with Crippen molar-refractivity contribution in [3.8, 4) is 5.95 Å². The molecule has 2 aromatic carbocycles. The molecule has 136 valence electrons. The summed E-state index contributed by atoms with van der Waals surface area (Å²) in [5.74, 6) is 0.344. The van der Waals surface area contributed by atoms with Crippen LogP contribution >= 0.6 is 0 Å². The summed E-state index contributed by atoms with van der Waals surface area (Å²) >= 11 is 0. The maximum atomic E-state index is 12.3. The van der Waals surface area contributed by atoms with Crippen LogP contribution in [0.25, 0.3) is 17.0 Å². The fourth-order valence-electron chi connectivity index (χ4n) is 2.57. The predicted octanol–water partition coefficient (Wildman–Crippen LogP) is 0.895. The van der Waals surface area contributed by atoms with E-state index in [0.29, 0.717) is 16.7 Å². The number of fused-ring (bicyclic) bond motifs is 1. The quantitative estimate of drug-likeness (QED) is 0.474. The molecule has 11 heteroatoms. The Morgan fingerprint density at radius 1 is 1.04 bits per heavy atom. The van der Waals surface area contributed by atoms with E-state index in [1.807, 2.05) is 6.07 Å². The van der Waals surface area contributed by atoms with Crippen molar-refractivity contribution >= 4 is 32.7 Å². The number of hydrogen-bond donors (Lipinski definition) is 3. The number of aromatic amines is 1. The second-order valence-corrected chi connectivity index (χ2v) is 7.15. The Hall–Kier alpha value is -3.57. The molecule has 0 amide bonds. The van der Waals surface area contributed by atoms with Gasteiger partial charge in [0.25, 0.3) is 0 Å². The van der Waals surface area contributed by atoms with Crippen molar-refractivity contribution in [2.75, 3.05) is 5.32 Å². The summed E-state index contributed by atoms with van der Waals surface area (Å²) in [6.45, 7) is 0. The van der Waals surface area contributed by atoms with Crippen LogP contribution in [-0.4, -0.2) is 32.9 Å². The summed E-state index contributed by atoms with van der Waals surface area (Å²) in [6, 6.07) is 13.0. The number of para-hydroxylation sites is 2. The standard InChI is InChI=1S/C16H13N7O3S/c17-27(25,26)11-7-5-10(6-8-11)20-14-18-9-19-15(22-14)23-13-4-2-1-3-12(13)21-16(23)24/h1-9H,(H,21,24)(H2,17,25,26)(H,18,19,20,22). The molecule has 2 aromatic heterocycles. The van der Waals surface area contributed by atoms with Crippen molar-refractivity contribution in [1.82, 2.24) is 24.5 Å². The van der Waals surface area contributed by atoms with E-state index in [4.69, 9.17) is 5.14 Å². The van der Waals surface area contributed by atoms with E-state index in [1.54, 1.807) is 18.2 Å². The summed E-state index contributed by atoms with van der Waals surface area (Å²) in [5.41, 5.74) is 1.48. The number of nitrogens with two attached hydrogens (primary N) is 1. The molecule has 0 bridgehead atoms. The van der Waals surface area contributed by atoms with Gasteiger partial charge in [-0.2, -0.15) is 4.98 Å². The minimum Gasteiger partial charge on any atom is -0.324 e. The van der Waals surface area contributed by atoms with Crippen LogP contribution in [-0.2, 0) is 10.0 Å². The Bertz CT molecular complexity index is 1290. The molecule has 0 saturated carbocycles.